The van der Waals surface area contributed by atoms with Gasteiger partial charge in [0.2, 0.25) is 11.8 Å². The molecule has 6 rings (SSSR count). The molecule has 0 radical (unpaired) electrons. The first-order valence-electron chi connectivity index (χ1n) is 15.8. The van der Waals surface area contributed by atoms with Gasteiger partial charge in [-0.25, -0.2) is 8.78 Å². The van der Waals surface area contributed by atoms with Gasteiger partial charge in [0.25, 0.3) is 0 Å². The maximum absolute atomic E-state index is 15.5. The number of halogens is 2. The van der Waals surface area contributed by atoms with Crippen molar-refractivity contribution in [2.24, 2.45) is 22.6 Å². The largest absolute Gasteiger partial charge is 0.366 e. The van der Waals surface area contributed by atoms with Crippen LogP contribution in [0.1, 0.15) is 46.0 Å². The van der Waals surface area contributed by atoms with E-state index in [-0.39, 0.29) is 30.8 Å². The molecule has 12 heteroatoms. The van der Waals surface area contributed by atoms with Gasteiger partial charge in [0.1, 0.15) is 18.3 Å². The molecule has 6 unspecified atom stereocenters. The summed E-state index contributed by atoms with van der Waals surface area (Å²) in [5, 5.41) is 9.28. The van der Waals surface area contributed by atoms with Crippen molar-refractivity contribution in [3.8, 4) is 0 Å². The van der Waals surface area contributed by atoms with Crippen LogP contribution in [0, 0.1) is 11.8 Å². The minimum atomic E-state index is -1.32. The lowest BCUT2D eigenvalue weighted by Gasteiger charge is -2.45. The fourth-order valence-electron chi connectivity index (χ4n) is 7.33. The number of piperidine rings is 3. The number of nitrogens with zero attached hydrogens (tertiary/aromatic N) is 4. The SMILES string of the molecule is CCC1=C=CC(F)CN=C(C)C(C(=O)NC2CNCC(F)C2N2CCC(C(=O)N3CCN4CCC3CC4)CC2)C(N)N1. The Labute approximate surface area is 248 Å². The Kier molecular flexibility index (Phi) is 10.3. The molecule has 234 valence electrons. The van der Waals surface area contributed by atoms with Crippen molar-refractivity contribution in [2.45, 2.75) is 82.6 Å². The van der Waals surface area contributed by atoms with E-state index in [2.05, 4.69) is 41.4 Å². The van der Waals surface area contributed by atoms with Crippen LogP contribution in [-0.2, 0) is 9.59 Å². The number of hydrogen-bond donors (Lipinski definition) is 4. The second-order valence-corrected chi connectivity index (χ2v) is 12.5. The molecule has 6 aliphatic heterocycles. The number of nitrogens with one attached hydrogen (secondary N) is 3. The Bertz CT molecular complexity index is 1070. The van der Waals surface area contributed by atoms with Crippen molar-refractivity contribution in [1.82, 2.24) is 30.7 Å². The molecule has 5 N–H and O–H groups in total. The second-order valence-electron chi connectivity index (χ2n) is 12.5. The summed E-state index contributed by atoms with van der Waals surface area (Å²) in [5.41, 5.74) is 10.4. The van der Waals surface area contributed by atoms with Crippen LogP contribution in [0.2, 0.25) is 0 Å². The highest BCUT2D eigenvalue weighted by atomic mass is 19.1. The average Bonchev–Trinajstić information content (AvgIpc) is 3.32. The highest BCUT2D eigenvalue weighted by molar-refractivity contribution is 6.04. The molecule has 0 aliphatic carbocycles. The molecule has 0 aromatic heterocycles. The van der Waals surface area contributed by atoms with Crippen molar-refractivity contribution < 1.29 is 18.4 Å². The molecule has 0 saturated carbocycles. The first-order chi connectivity index (χ1) is 20.2. The molecule has 2 amide bonds. The van der Waals surface area contributed by atoms with Gasteiger partial charge in [-0.05, 0) is 58.2 Å². The summed E-state index contributed by atoms with van der Waals surface area (Å²) >= 11 is 0. The first-order valence-corrected chi connectivity index (χ1v) is 15.8. The highest BCUT2D eigenvalue weighted by Crippen LogP contribution is 2.29. The summed E-state index contributed by atoms with van der Waals surface area (Å²) in [6, 6.07) is -0.661. The lowest BCUT2D eigenvalue weighted by molar-refractivity contribution is -0.139. The Morgan fingerprint density at radius 2 is 1.83 bits per heavy atom. The molecule has 6 atom stereocenters. The number of carbonyl (C=O) groups is 2. The van der Waals surface area contributed by atoms with E-state index in [9.17, 15) is 14.0 Å². The zero-order valence-corrected chi connectivity index (χ0v) is 25.0. The number of nitrogens with two attached hydrogens (primary N) is 1. The smallest absolute Gasteiger partial charge is 0.232 e. The molecule has 10 nitrogen and oxygen atoms in total. The number of likely N-dealkylation sites (tertiary alicyclic amines) is 1. The maximum atomic E-state index is 15.5. The molecule has 2 bridgehead atoms. The van der Waals surface area contributed by atoms with Gasteiger partial charge < -0.3 is 31.5 Å². The number of amides is 2. The Hall–Kier alpha value is -2.37. The predicted octanol–water partition coefficient (Wildman–Crippen LogP) is 0.552. The van der Waals surface area contributed by atoms with Crippen LogP contribution < -0.4 is 21.7 Å². The van der Waals surface area contributed by atoms with Crippen molar-refractivity contribution in [3.63, 3.8) is 0 Å². The first kappa shape index (κ1) is 31.1. The van der Waals surface area contributed by atoms with Crippen LogP contribution in [0.3, 0.4) is 0 Å². The van der Waals surface area contributed by atoms with Crippen LogP contribution in [0.25, 0.3) is 0 Å². The average molecular weight is 591 g/mol. The van der Waals surface area contributed by atoms with Gasteiger partial charge in [-0.1, -0.05) is 6.92 Å². The van der Waals surface area contributed by atoms with Crippen LogP contribution in [0.15, 0.2) is 22.5 Å². The second kappa shape index (κ2) is 13.9. The fourth-order valence-corrected chi connectivity index (χ4v) is 7.33. The molecule has 5 fully saturated rings. The van der Waals surface area contributed by atoms with Gasteiger partial charge in [0, 0.05) is 56.9 Å². The number of fused-ring (bicyclic) bond motifs is 4. The van der Waals surface area contributed by atoms with E-state index in [0.717, 1.165) is 39.0 Å². The van der Waals surface area contributed by atoms with E-state index < -0.39 is 36.5 Å². The Balaban J connectivity index is 1.24. The Morgan fingerprint density at radius 3 is 2.55 bits per heavy atom. The zero-order valence-electron chi connectivity index (χ0n) is 25.0. The molecule has 42 heavy (non-hydrogen) atoms. The van der Waals surface area contributed by atoms with Gasteiger partial charge in [-0.2, -0.15) is 0 Å². The summed E-state index contributed by atoms with van der Waals surface area (Å²) < 4.78 is 29.8. The third kappa shape index (κ3) is 7.05. The summed E-state index contributed by atoms with van der Waals surface area (Å²) in [6.45, 7) is 9.22. The maximum Gasteiger partial charge on any atom is 0.232 e. The molecular formula is C30H48F2N8O2. The van der Waals surface area contributed by atoms with Crippen LogP contribution >= 0.6 is 0 Å². The summed E-state index contributed by atoms with van der Waals surface area (Å²) in [5.74, 6) is -1.01. The van der Waals surface area contributed by atoms with Gasteiger partial charge in [-0.3, -0.25) is 19.5 Å². The van der Waals surface area contributed by atoms with Crippen LogP contribution in [-0.4, -0.2) is 128 Å². The number of carbonyl (C=O) groups excluding carboxylic acids is 2. The van der Waals surface area contributed by atoms with Gasteiger partial charge in [0.15, 0.2) is 0 Å². The van der Waals surface area contributed by atoms with Gasteiger partial charge >= 0.3 is 0 Å². The quantitative estimate of drug-likeness (QED) is 0.346. The van der Waals surface area contributed by atoms with Crippen molar-refractivity contribution in [3.05, 3.63) is 17.5 Å². The number of rotatable bonds is 5. The molecule has 0 spiro atoms. The van der Waals surface area contributed by atoms with Crippen LogP contribution in [0.4, 0.5) is 8.78 Å². The zero-order chi connectivity index (χ0) is 29.8. The Morgan fingerprint density at radius 1 is 1.10 bits per heavy atom. The lowest BCUT2D eigenvalue weighted by Crippen LogP contribution is -2.67. The van der Waals surface area contributed by atoms with Gasteiger partial charge in [-0.15, -0.1) is 5.73 Å². The van der Waals surface area contributed by atoms with E-state index in [0.29, 0.717) is 56.3 Å². The predicted molar refractivity (Wildman–Crippen MR) is 158 cm³/mol. The minimum Gasteiger partial charge on any atom is -0.366 e. The standard InChI is InChI=1S/C30H48F2N8O2/c1-3-22-5-4-21(31)16-35-19(2)26(28(33)36-22)29(41)37-25-18-34-17-24(32)27(25)39-12-6-20(7-13-39)30(42)40-15-14-38-10-8-23(40)9-11-38/h4,20-21,23-28,34,36H,3,6-18,33H2,1-2H3,(H,37,41). The van der Waals surface area contributed by atoms with Crippen molar-refractivity contribution in [2.75, 3.05) is 58.9 Å². The molecule has 0 aromatic rings. The molecular weight excluding hydrogens is 542 g/mol. The van der Waals surface area contributed by atoms with Crippen LogP contribution in [0.5, 0.6) is 0 Å². The fraction of sp³-hybridized carbons (Fsp3) is 0.800. The molecule has 0 aromatic carbocycles. The van der Waals surface area contributed by atoms with Crippen molar-refractivity contribution >= 4 is 17.5 Å². The summed E-state index contributed by atoms with van der Waals surface area (Å²) in [7, 11) is 0. The summed E-state index contributed by atoms with van der Waals surface area (Å²) in [6.07, 6.45) is 2.06. The van der Waals surface area contributed by atoms with Gasteiger partial charge in [0.05, 0.1) is 30.5 Å². The number of alkyl halides is 2. The van der Waals surface area contributed by atoms with E-state index in [1.807, 2.05) is 6.92 Å². The lowest BCUT2D eigenvalue weighted by atomic mass is 9.89. The molecule has 6 heterocycles. The monoisotopic (exact) mass is 590 g/mol. The van der Waals surface area contributed by atoms with E-state index in [4.69, 9.17) is 5.73 Å². The molecule has 5 saturated heterocycles. The van der Waals surface area contributed by atoms with E-state index in [1.54, 1.807) is 6.92 Å². The number of hydrogen-bond acceptors (Lipinski definition) is 8. The van der Waals surface area contributed by atoms with E-state index in [1.165, 1.54) is 6.08 Å². The third-order valence-electron chi connectivity index (χ3n) is 9.79. The topological polar surface area (TPSA) is 118 Å². The van der Waals surface area contributed by atoms with Crippen molar-refractivity contribution in [1.29, 1.82) is 0 Å². The highest BCUT2D eigenvalue weighted by Gasteiger charge is 2.43. The van der Waals surface area contributed by atoms with E-state index >= 15 is 4.39 Å². The summed E-state index contributed by atoms with van der Waals surface area (Å²) in [4.78, 5) is 38.2. The number of aliphatic imine (C=N–C) groups is 1. The third-order valence-corrected chi connectivity index (χ3v) is 9.79. The normalized spacial score (nSPS) is 36.8. The minimum absolute atomic E-state index is 0.0405. The molecule has 6 aliphatic rings.